The number of piperidine rings is 1. The molecule has 272 valence electrons. The molecule has 1 unspecified atom stereocenters. The molecule has 2 aromatic carbocycles. The first-order valence-electron chi connectivity index (χ1n) is 17.6. The first-order valence-corrected chi connectivity index (χ1v) is 18.0. The molecule has 11 heteroatoms. The van der Waals surface area contributed by atoms with Crippen molar-refractivity contribution in [2.24, 2.45) is 5.41 Å². The number of ether oxygens (including phenoxy) is 2. The van der Waals surface area contributed by atoms with Gasteiger partial charge in [0.05, 0.1) is 24.2 Å². The number of benzene rings is 2. The van der Waals surface area contributed by atoms with Gasteiger partial charge in [0.15, 0.2) is 0 Å². The minimum absolute atomic E-state index is 0.113. The number of imidazole rings is 1. The summed E-state index contributed by atoms with van der Waals surface area (Å²) in [6.07, 6.45) is 11.2. The van der Waals surface area contributed by atoms with Gasteiger partial charge in [-0.3, -0.25) is 9.69 Å². The Balaban J connectivity index is 0.000000303. The fourth-order valence-corrected chi connectivity index (χ4v) is 6.72. The molecule has 2 N–H and O–H groups in total. The van der Waals surface area contributed by atoms with Crippen molar-refractivity contribution >= 4 is 29.0 Å². The number of carbonyl (C=O) groups excluding carboxylic acids is 1. The van der Waals surface area contributed by atoms with Crippen molar-refractivity contribution in [3.8, 4) is 5.88 Å². The van der Waals surface area contributed by atoms with Crippen LogP contribution in [0.4, 0.5) is 4.39 Å². The maximum atomic E-state index is 14.1. The van der Waals surface area contributed by atoms with Gasteiger partial charge in [-0.05, 0) is 106 Å². The zero-order chi connectivity index (χ0) is 36.2. The molecule has 3 heterocycles. The van der Waals surface area contributed by atoms with E-state index in [1.807, 2.05) is 24.3 Å². The van der Waals surface area contributed by atoms with Crippen LogP contribution in [0.25, 0.3) is 11.0 Å². The fourth-order valence-electron chi connectivity index (χ4n) is 6.56. The summed E-state index contributed by atoms with van der Waals surface area (Å²) in [5.41, 5.74) is 5.03. The van der Waals surface area contributed by atoms with E-state index in [1.54, 1.807) is 25.3 Å². The molecule has 1 atom stereocenters. The van der Waals surface area contributed by atoms with Crippen LogP contribution < -0.4 is 10.1 Å². The second-order valence-corrected chi connectivity index (χ2v) is 14.1. The van der Waals surface area contributed by atoms with Gasteiger partial charge < -0.3 is 24.5 Å². The number of carbonyl (C=O) groups is 1. The van der Waals surface area contributed by atoms with E-state index in [4.69, 9.17) is 36.1 Å². The van der Waals surface area contributed by atoms with Crippen molar-refractivity contribution in [1.29, 1.82) is 0 Å². The summed E-state index contributed by atoms with van der Waals surface area (Å²) >= 11 is 5.84. The molecule has 0 saturated carbocycles. The Morgan fingerprint density at radius 1 is 1.14 bits per heavy atom. The Hall–Kier alpha value is -4.25. The summed E-state index contributed by atoms with van der Waals surface area (Å²) < 4.78 is 27.5. The van der Waals surface area contributed by atoms with Crippen LogP contribution in [0.15, 0.2) is 78.6 Å². The van der Waals surface area contributed by atoms with Gasteiger partial charge in [-0.15, -0.1) is 0 Å². The van der Waals surface area contributed by atoms with Crippen LogP contribution in [-0.4, -0.2) is 64.3 Å². The van der Waals surface area contributed by atoms with Gasteiger partial charge in [-0.25, -0.2) is 14.4 Å². The standard InChI is InChI=1S/C29H32ClFN4O2.C11H17NO2/c1-20-6-9-27-26(16-20)32-28(35(27)14-15-36-2)18-34-12-10-21(11-13-34)25-4-3-5-29(33-25)37-19-22-7-8-23(30)17-24(22)31;1-11(5-2-8-12-9-13)6-3-10(14)4-7-11/h3-9,16-17,21H,10-15,18-19H2,1-2H3;3-4,6,9,14H,2,5,7-8H2,1H3,(H,12,13). The Bertz CT molecular complexity index is 1820. The largest absolute Gasteiger partial charge is 0.508 e. The van der Waals surface area contributed by atoms with Crippen LogP contribution in [0.1, 0.15) is 67.6 Å². The van der Waals surface area contributed by atoms with Gasteiger partial charge in [0.1, 0.15) is 24.0 Å². The lowest BCUT2D eigenvalue weighted by Gasteiger charge is -2.31. The summed E-state index contributed by atoms with van der Waals surface area (Å²) in [5, 5.41) is 12.2. The predicted octanol–water partition coefficient (Wildman–Crippen LogP) is 8.06. The molecule has 1 amide bonds. The van der Waals surface area contributed by atoms with Crippen molar-refractivity contribution in [2.45, 2.75) is 71.6 Å². The third kappa shape index (κ3) is 10.9. The van der Waals surface area contributed by atoms with E-state index >= 15 is 0 Å². The summed E-state index contributed by atoms with van der Waals surface area (Å²) in [6, 6.07) is 16.9. The molecule has 6 rings (SSSR count). The molecular weight excluding hydrogens is 669 g/mol. The molecule has 1 aliphatic heterocycles. The number of likely N-dealkylation sites (tertiary alicyclic amines) is 1. The normalized spacial score (nSPS) is 17.9. The van der Waals surface area contributed by atoms with E-state index in [-0.39, 0.29) is 17.8 Å². The van der Waals surface area contributed by atoms with Crippen molar-refractivity contribution < 1.29 is 23.8 Å². The number of hydrogen-bond donors (Lipinski definition) is 2. The van der Waals surface area contributed by atoms with E-state index in [0.717, 1.165) is 93.8 Å². The Morgan fingerprint density at radius 3 is 2.69 bits per heavy atom. The number of allylic oxidation sites excluding steroid dienone is 3. The Labute approximate surface area is 305 Å². The number of halogens is 2. The SMILES string of the molecule is CC1(CCCNC=O)C=CC(O)=CC1.COCCn1c(CN2CCC(c3cccc(OCc4ccc(Cl)cc4F)n3)CC2)nc2cc(C)ccc21. The second kappa shape index (κ2) is 18.3. The molecule has 2 aliphatic rings. The Kier molecular flexibility index (Phi) is 13.6. The molecule has 0 spiro atoms. The first kappa shape index (κ1) is 38.0. The zero-order valence-corrected chi connectivity index (χ0v) is 30.5. The minimum atomic E-state index is -0.373. The molecule has 0 radical (unpaired) electrons. The number of aliphatic hydroxyl groups is 1. The predicted molar refractivity (Wildman–Crippen MR) is 199 cm³/mol. The average molecular weight is 718 g/mol. The van der Waals surface area contributed by atoms with E-state index in [0.29, 0.717) is 34.8 Å². The highest BCUT2D eigenvalue weighted by Crippen LogP contribution is 2.33. The number of pyridine rings is 1. The average Bonchev–Trinajstić information content (AvgIpc) is 3.46. The zero-order valence-electron chi connectivity index (χ0n) is 29.8. The maximum Gasteiger partial charge on any atom is 0.213 e. The van der Waals surface area contributed by atoms with E-state index < -0.39 is 0 Å². The lowest BCUT2D eigenvalue weighted by molar-refractivity contribution is -0.109. The van der Waals surface area contributed by atoms with Crippen LogP contribution in [0.3, 0.4) is 0 Å². The van der Waals surface area contributed by atoms with Gasteiger partial charge in [-0.2, -0.15) is 0 Å². The maximum absolute atomic E-state index is 14.1. The lowest BCUT2D eigenvalue weighted by atomic mass is 9.79. The highest BCUT2D eigenvalue weighted by atomic mass is 35.5. The fraction of sp³-hybridized carbons (Fsp3) is 0.425. The van der Waals surface area contributed by atoms with Gasteiger partial charge in [0.2, 0.25) is 12.3 Å². The van der Waals surface area contributed by atoms with Gasteiger partial charge in [0.25, 0.3) is 0 Å². The van der Waals surface area contributed by atoms with Gasteiger partial charge in [0, 0.05) is 48.5 Å². The van der Waals surface area contributed by atoms with E-state index in [2.05, 4.69) is 52.9 Å². The number of fused-ring (bicyclic) bond motifs is 1. The van der Waals surface area contributed by atoms with Gasteiger partial charge in [-0.1, -0.05) is 42.8 Å². The van der Waals surface area contributed by atoms with E-state index in [9.17, 15) is 9.18 Å². The molecule has 51 heavy (non-hydrogen) atoms. The minimum Gasteiger partial charge on any atom is -0.508 e. The second-order valence-electron chi connectivity index (χ2n) is 13.6. The number of hydrogen-bond acceptors (Lipinski definition) is 7. The van der Waals surface area contributed by atoms with E-state index in [1.165, 1.54) is 11.6 Å². The van der Waals surface area contributed by atoms with Crippen molar-refractivity contribution in [2.75, 3.05) is 33.4 Å². The topological polar surface area (TPSA) is 102 Å². The van der Waals surface area contributed by atoms with Crippen molar-refractivity contribution in [3.05, 3.63) is 112 Å². The summed E-state index contributed by atoms with van der Waals surface area (Å²) in [6.45, 7) is 9.30. The van der Waals surface area contributed by atoms with Crippen LogP contribution in [-0.2, 0) is 29.2 Å². The van der Waals surface area contributed by atoms with Crippen LogP contribution in [0.5, 0.6) is 5.88 Å². The highest BCUT2D eigenvalue weighted by Gasteiger charge is 2.24. The number of rotatable bonds is 14. The first-order chi connectivity index (χ1) is 24.7. The smallest absolute Gasteiger partial charge is 0.213 e. The molecule has 1 aliphatic carbocycles. The molecule has 1 saturated heterocycles. The van der Waals surface area contributed by atoms with Crippen LogP contribution in [0, 0.1) is 18.2 Å². The third-order valence-corrected chi connectivity index (χ3v) is 9.83. The molecule has 9 nitrogen and oxygen atoms in total. The van der Waals surface area contributed by atoms with Gasteiger partial charge >= 0.3 is 0 Å². The summed E-state index contributed by atoms with van der Waals surface area (Å²) in [4.78, 5) is 22.2. The Morgan fingerprint density at radius 2 is 1.96 bits per heavy atom. The number of aliphatic hydroxyl groups excluding tert-OH is 1. The molecule has 1 fully saturated rings. The number of amides is 1. The summed E-state index contributed by atoms with van der Waals surface area (Å²) in [5.74, 6) is 1.94. The summed E-state index contributed by atoms with van der Waals surface area (Å²) in [7, 11) is 1.73. The van der Waals surface area contributed by atoms with Crippen molar-refractivity contribution in [1.82, 2.24) is 24.8 Å². The number of aromatic nitrogens is 3. The molecule has 2 aromatic heterocycles. The number of methoxy groups -OCH3 is 1. The van der Waals surface area contributed by atoms with Crippen LogP contribution in [0.2, 0.25) is 5.02 Å². The molecular formula is C40H49ClFN5O4. The lowest BCUT2D eigenvalue weighted by Crippen LogP contribution is -2.33. The number of nitrogens with zero attached hydrogens (tertiary/aromatic N) is 4. The molecule has 4 aromatic rings. The van der Waals surface area contributed by atoms with Crippen molar-refractivity contribution in [3.63, 3.8) is 0 Å². The third-order valence-electron chi connectivity index (χ3n) is 9.59. The highest BCUT2D eigenvalue weighted by molar-refractivity contribution is 6.30. The monoisotopic (exact) mass is 717 g/mol. The number of aryl methyl sites for hydroxylation is 1. The quantitative estimate of drug-likeness (QED) is 0.101. The molecule has 0 bridgehead atoms. The van der Waals surface area contributed by atoms with Crippen LogP contribution >= 0.6 is 11.6 Å². The number of nitrogens with one attached hydrogen (secondary N) is 1.